The standard InChI is InChI=1S/C12H19N/c1-10(2)12-6-4-5-11(9-12)7-8-13-3/h4-6,9-10,13H,7-8H2,1-3H3. The number of rotatable bonds is 4. The van der Waals surface area contributed by atoms with Crippen LogP contribution in [0.15, 0.2) is 24.3 Å². The highest BCUT2D eigenvalue weighted by Gasteiger charge is 1.99. The van der Waals surface area contributed by atoms with Crippen molar-refractivity contribution in [1.29, 1.82) is 0 Å². The molecule has 1 N–H and O–H groups in total. The Morgan fingerprint density at radius 1 is 1.31 bits per heavy atom. The summed E-state index contributed by atoms with van der Waals surface area (Å²) < 4.78 is 0. The van der Waals surface area contributed by atoms with E-state index < -0.39 is 0 Å². The lowest BCUT2D eigenvalue weighted by atomic mass is 10.00. The molecule has 1 heteroatoms. The fraction of sp³-hybridized carbons (Fsp3) is 0.500. The van der Waals surface area contributed by atoms with Gasteiger partial charge in [-0.05, 0) is 37.1 Å². The van der Waals surface area contributed by atoms with Crippen molar-refractivity contribution in [2.75, 3.05) is 13.6 Å². The Labute approximate surface area is 81.2 Å². The molecule has 0 aliphatic rings. The zero-order valence-corrected chi connectivity index (χ0v) is 8.80. The maximum Gasteiger partial charge on any atom is -0.00114 e. The third kappa shape index (κ3) is 3.19. The van der Waals surface area contributed by atoms with E-state index in [2.05, 4.69) is 43.4 Å². The number of nitrogens with one attached hydrogen (secondary N) is 1. The van der Waals surface area contributed by atoms with Crippen LogP contribution < -0.4 is 5.32 Å². The molecule has 0 saturated heterocycles. The summed E-state index contributed by atoms with van der Waals surface area (Å²) in [5.74, 6) is 0.634. The number of likely N-dealkylation sites (N-methyl/N-ethyl adjacent to an activating group) is 1. The summed E-state index contributed by atoms with van der Waals surface area (Å²) in [6, 6.07) is 8.86. The van der Waals surface area contributed by atoms with Gasteiger partial charge in [0, 0.05) is 0 Å². The molecule has 1 aromatic rings. The quantitative estimate of drug-likeness (QED) is 0.745. The van der Waals surface area contributed by atoms with Crippen LogP contribution in [-0.2, 0) is 6.42 Å². The van der Waals surface area contributed by atoms with E-state index in [4.69, 9.17) is 0 Å². The van der Waals surface area contributed by atoms with Crippen molar-refractivity contribution in [3.8, 4) is 0 Å². The Bertz CT molecular complexity index is 253. The van der Waals surface area contributed by atoms with Crippen LogP contribution in [0, 0.1) is 0 Å². The molecule has 0 radical (unpaired) electrons. The van der Waals surface area contributed by atoms with E-state index in [9.17, 15) is 0 Å². The van der Waals surface area contributed by atoms with Crippen molar-refractivity contribution >= 4 is 0 Å². The normalized spacial score (nSPS) is 10.8. The van der Waals surface area contributed by atoms with Gasteiger partial charge >= 0.3 is 0 Å². The highest BCUT2D eigenvalue weighted by atomic mass is 14.8. The molecule has 1 aromatic carbocycles. The van der Waals surface area contributed by atoms with Gasteiger partial charge in [0.05, 0.1) is 0 Å². The SMILES string of the molecule is CNCCc1cccc(C(C)C)c1. The molecule has 0 unspecified atom stereocenters. The topological polar surface area (TPSA) is 12.0 Å². The van der Waals surface area contributed by atoms with Gasteiger partial charge < -0.3 is 5.32 Å². The van der Waals surface area contributed by atoms with E-state index in [0.717, 1.165) is 13.0 Å². The molecule has 0 aliphatic carbocycles. The van der Waals surface area contributed by atoms with Crippen LogP contribution in [-0.4, -0.2) is 13.6 Å². The smallest absolute Gasteiger partial charge is 0.00114 e. The molecule has 0 aliphatic heterocycles. The highest BCUT2D eigenvalue weighted by molar-refractivity contribution is 5.25. The van der Waals surface area contributed by atoms with E-state index >= 15 is 0 Å². The fourth-order valence-electron chi connectivity index (χ4n) is 1.38. The van der Waals surface area contributed by atoms with Gasteiger partial charge in [-0.3, -0.25) is 0 Å². The maximum atomic E-state index is 3.16. The lowest BCUT2D eigenvalue weighted by Gasteiger charge is -2.07. The van der Waals surface area contributed by atoms with E-state index in [0.29, 0.717) is 5.92 Å². The van der Waals surface area contributed by atoms with Crippen LogP contribution in [0.1, 0.15) is 30.9 Å². The largest absolute Gasteiger partial charge is 0.319 e. The second kappa shape index (κ2) is 5.03. The van der Waals surface area contributed by atoms with Crippen molar-refractivity contribution in [3.63, 3.8) is 0 Å². The molecule has 0 bridgehead atoms. The molecule has 0 fully saturated rings. The van der Waals surface area contributed by atoms with Gasteiger partial charge in [-0.1, -0.05) is 38.1 Å². The minimum absolute atomic E-state index is 0.634. The van der Waals surface area contributed by atoms with Crippen LogP contribution in [0.3, 0.4) is 0 Å². The van der Waals surface area contributed by atoms with E-state index in [-0.39, 0.29) is 0 Å². The second-order valence-corrected chi connectivity index (χ2v) is 3.75. The summed E-state index contributed by atoms with van der Waals surface area (Å²) in [5.41, 5.74) is 2.87. The summed E-state index contributed by atoms with van der Waals surface area (Å²) in [6.07, 6.45) is 1.12. The summed E-state index contributed by atoms with van der Waals surface area (Å²) in [5, 5.41) is 3.16. The van der Waals surface area contributed by atoms with Gasteiger partial charge in [0.25, 0.3) is 0 Å². The van der Waals surface area contributed by atoms with Crippen LogP contribution in [0.2, 0.25) is 0 Å². The van der Waals surface area contributed by atoms with Gasteiger partial charge in [-0.25, -0.2) is 0 Å². The van der Waals surface area contributed by atoms with Crippen molar-refractivity contribution < 1.29 is 0 Å². The third-order valence-corrected chi connectivity index (χ3v) is 2.28. The Morgan fingerprint density at radius 2 is 2.08 bits per heavy atom. The molecule has 1 nitrogen and oxygen atoms in total. The van der Waals surface area contributed by atoms with Crippen molar-refractivity contribution in [3.05, 3.63) is 35.4 Å². The molecule has 0 spiro atoms. The number of hydrogen-bond acceptors (Lipinski definition) is 1. The average molecular weight is 177 g/mol. The van der Waals surface area contributed by atoms with E-state index in [1.165, 1.54) is 11.1 Å². The van der Waals surface area contributed by atoms with Crippen LogP contribution in [0.25, 0.3) is 0 Å². The van der Waals surface area contributed by atoms with Crippen molar-refractivity contribution in [1.82, 2.24) is 5.32 Å². The third-order valence-electron chi connectivity index (χ3n) is 2.28. The summed E-state index contributed by atoms with van der Waals surface area (Å²) in [7, 11) is 1.99. The lowest BCUT2D eigenvalue weighted by molar-refractivity contribution is 0.787. The predicted octanol–water partition coefficient (Wildman–Crippen LogP) is 2.57. The van der Waals surface area contributed by atoms with Gasteiger partial charge in [0.15, 0.2) is 0 Å². The minimum atomic E-state index is 0.634. The summed E-state index contributed by atoms with van der Waals surface area (Å²) in [6.45, 7) is 5.52. The lowest BCUT2D eigenvalue weighted by Crippen LogP contribution is -2.10. The Kier molecular flexibility index (Phi) is 3.97. The molecule has 0 atom stereocenters. The molecular weight excluding hydrogens is 158 g/mol. The van der Waals surface area contributed by atoms with Crippen LogP contribution in [0.5, 0.6) is 0 Å². The first-order chi connectivity index (χ1) is 6.24. The molecule has 0 saturated carbocycles. The van der Waals surface area contributed by atoms with Crippen molar-refractivity contribution in [2.24, 2.45) is 0 Å². The molecule has 72 valence electrons. The average Bonchev–Trinajstić information content (AvgIpc) is 2.15. The number of benzene rings is 1. The van der Waals surface area contributed by atoms with Gasteiger partial charge in [0.1, 0.15) is 0 Å². The molecule has 0 heterocycles. The Balaban J connectivity index is 2.68. The highest BCUT2D eigenvalue weighted by Crippen LogP contribution is 2.15. The molecule has 1 rings (SSSR count). The first-order valence-electron chi connectivity index (χ1n) is 4.97. The van der Waals surface area contributed by atoms with Crippen molar-refractivity contribution in [2.45, 2.75) is 26.2 Å². The minimum Gasteiger partial charge on any atom is -0.319 e. The van der Waals surface area contributed by atoms with Gasteiger partial charge in [-0.15, -0.1) is 0 Å². The fourth-order valence-corrected chi connectivity index (χ4v) is 1.38. The zero-order chi connectivity index (χ0) is 9.68. The Morgan fingerprint density at radius 3 is 2.69 bits per heavy atom. The first kappa shape index (κ1) is 10.3. The number of hydrogen-bond donors (Lipinski definition) is 1. The second-order valence-electron chi connectivity index (χ2n) is 3.75. The van der Waals surface area contributed by atoms with E-state index in [1.54, 1.807) is 0 Å². The molecular formula is C12H19N. The molecule has 13 heavy (non-hydrogen) atoms. The summed E-state index contributed by atoms with van der Waals surface area (Å²) >= 11 is 0. The van der Waals surface area contributed by atoms with E-state index in [1.807, 2.05) is 7.05 Å². The Hall–Kier alpha value is -0.820. The monoisotopic (exact) mass is 177 g/mol. The van der Waals surface area contributed by atoms with Crippen LogP contribution in [0.4, 0.5) is 0 Å². The van der Waals surface area contributed by atoms with Crippen LogP contribution >= 0.6 is 0 Å². The maximum absolute atomic E-state index is 3.16. The molecule has 0 aromatic heterocycles. The molecule has 0 amide bonds. The summed E-state index contributed by atoms with van der Waals surface area (Å²) in [4.78, 5) is 0. The first-order valence-corrected chi connectivity index (χ1v) is 4.97. The van der Waals surface area contributed by atoms with Gasteiger partial charge in [0.2, 0.25) is 0 Å². The van der Waals surface area contributed by atoms with Gasteiger partial charge in [-0.2, -0.15) is 0 Å². The predicted molar refractivity (Wildman–Crippen MR) is 58.2 cm³/mol. The zero-order valence-electron chi connectivity index (χ0n) is 8.80.